The first-order valence-corrected chi connectivity index (χ1v) is 6.07. The summed E-state index contributed by atoms with van der Waals surface area (Å²) in [6, 6.07) is 0. The Hall–Kier alpha value is -2.64. The average Bonchev–Trinajstić information content (AvgIpc) is 3.02. The van der Waals surface area contributed by atoms with Crippen LogP contribution in [0.15, 0.2) is 18.6 Å². The van der Waals surface area contributed by atoms with Crippen LogP contribution >= 0.6 is 0 Å². The third-order valence-corrected chi connectivity index (χ3v) is 2.74. The van der Waals surface area contributed by atoms with E-state index in [2.05, 4.69) is 15.5 Å². The molecule has 0 spiro atoms. The number of carbonyl (C=O) groups excluding carboxylic acids is 1. The molecule has 2 aromatic heterocycles. The van der Waals surface area contributed by atoms with Crippen molar-refractivity contribution in [1.82, 2.24) is 24.9 Å². The molecule has 8 heteroatoms. The molecule has 0 aliphatic carbocycles. The Kier molecular flexibility index (Phi) is 3.83. The van der Waals surface area contributed by atoms with E-state index in [-0.39, 0.29) is 17.8 Å². The first-order valence-electron chi connectivity index (χ1n) is 6.07. The number of carboxylic acid groups (broad SMARTS) is 1. The van der Waals surface area contributed by atoms with Gasteiger partial charge in [-0.15, -0.1) is 0 Å². The van der Waals surface area contributed by atoms with Gasteiger partial charge in [-0.1, -0.05) is 0 Å². The van der Waals surface area contributed by atoms with Gasteiger partial charge in [-0.25, -0.2) is 4.79 Å². The summed E-state index contributed by atoms with van der Waals surface area (Å²) in [6.45, 7) is 2.98. The van der Waals surface area contributed by atoms with Crippen molar-refractivity contribution in [1.29, 1.82) is 0 Å². The zero-order chi connectivity index (χ0) is 14.7. The van der Waals surface area contributed by atoms with Crippen LogP contribution in [0.3, 0.4) is 0 Å². The minimum atomic E-state index is -1.18. The van der Waals surface area contributed by atoms with E-state index in [1.54, 1.807) is 17.9 Å². The fourth-order valence-electron chi connectivity index (χ4n) is 1.75. The van der Waals surface area contributed by atoms with Crippen LogP contribution in [-0.4, -0.2) is 36.5 Å². The van der Waals surface area contributed by atoms with Crippen LogP contribution in [0, 0.1) is 0 Å². The van der Waals surface area contributed by atoms with Crippen molar-refractivity contribution < 1.29 is 14.7 Å². The molecule has 1 amide bonds. The Balaban J connectivity index is 2.06. The zero-order valence-corrected chi connectivity index (χ0v) is 11.2. The summed E-state index contributed by atoms with van der Waals surface area (Å²) >= 11 is 0. The first-order chi connectivity index (χ1) is 9.51. The topological polar surface area (TPSA) is 102 Å². The summed E-state index contributed by atoms with van der Waals surface area (Å²) in [5.41, 5.74) is 0.630. The highest BCUT2D eigenvalue weighted by molar-refractivity contribution is 6.03. The van der Waals surface area contributed by atoms with Crippen molar-refractivity contribution >= 4 is 11.9 Å². The molecule has 2 rings (SSSR count). The van der Waals surface area contributed by atoms with Crippen molar-refractivity contribution in [2.24, 2.45) is 7.05 Å². The van der Waals surface area contributed by atoms with Gasteiger partial charge in [0.1, 0.15) is 5.56 Å². The zero-order valence-electron chi connectivity index (χ0n) is 11.2. The molecule has 8 nitrogen and oxygen atoms in total. The van der Waals surface area contributed by atoms with Crippen LogP contribution in [-0.2, 0) is 20.1 Å². The van der Waals surface area contributed by atoms with Gasteiger partial charge in [0.2, 0.25) is 0 Å². The third kappa shape index (κ3) is 2.85. The van der Waals surface area contributed by atoms with E-state index in [4.69, 9.17) is 5.11 Å². The predicted octanol–water partition coefficient (Wildman–Crippen LogP) is 0.265. The molecule has 2 N–H and O–H groups in total. The largest absolute Gasteiger partial charge is 0.478 e. The number of aryl methyl sites for hydroxylation is 2. The van der Waals surface area contributed by atoms with Gasteiger partial charge in [-0.05, 0) is 6.92 Å². The molecule has 106 valence electrons. The SMILES string of the molecule is CCn1cc(CNC(=O)c2nn(C)cc2C(=O)O)cn1. The third-order valence-electron chi connectivity index (χ3n) is 2.74. The Morgan fingerprint density at radius 2 is 2.15 bits per heavy atom. The number of carbonyl (C=O) groups is 2. The van der Waals surface area contributed by atoms with Crippen molar-refractivity contribution in [3.8, 4) is 0 Å². The number of hydrogen-bond donors (Lipinski definition) is 2. The molecule has 0 fully saturated rings. The highest BCUT2D eigenvalue weighted by atomic mass is 16.4. The standard InChI is InChI=1S/C12H15N5O3/c1-3-17-6-8(5-14-17)4-13-11(18)10-9(12(19)20)7-16(2)15-10/h5-7H,3-4H2,1-2H3,(H,13,18)(H,19,20). The predicted molar refractivity (Wildman–Crippen MR) is 69.2 cm³/mol. The van der Waals surface area contributed by atoms with Gasteiger partial charge < -0.3 is 10.4 Å². The number of nitrogens with one attached hydrogen (secondary N) is 1. The van der Waals surface area contributed by atoms with Crippen molar-refractivity contribution in [3.05, 3.63) is 35.4 Å². The smallest absolute Gasteiger partial charge is 0.339 e. The maximum absolute atomic E-state index is 12.0. The molecule has 2 heterocycles. The summed E-state index contributed by atoms with van der Waals surface area (Å²) < 4.78 is 3.04. The van der Waals surface area contributed by atoms with Crippen molar-refractivity contribution in [2.75, 3.05) is 0 Å². The molecule has 0 radical (unpaired) electrons. The Bertz CT molecular complexity index is 643. The second-order valence-electron chi connectivity index (χ2n) is 4.26. The fourth-order valence-corrected chi connectivity index (χ4v) is 1.75. The van der Waals surface area contributed by atoms with Gasteiger partial charge in [0, 0.05) is 38.1 Å². The lowest BCUT2D eigenvalue weighted by atomic mass is 10.2. The van der Waals surface area contributed by atoms with Gasteiger partial charge in [0.15, 0.2) is 5.69 Å². The molecular formula is C12H15N5O3. The van der Waals surface area contributed by atoms with Gasteiger partial charge in [-0.3, -0.25) is 14.2 Å². The molecule has 0 saturated heterocycles. The van der Waals surface area contributed by atoms with E-state index in [0.717, 1.165) is 12.1 Å². The van der Waals surface area contributed by atoms with Gasteiger partial charge >= 0.3 is 5.97 Å². The molecule has 0 unspecified atom stereocenters. The lowest BCUT2D eigenvalue weighted by molar-refractivity contribution is 0.0691. The number of hydrogen-bond acceptors (Lipinski definition) is 4. The number of aromatic carboxylic acids is 1. The molecule has 0 bridgehead atoms. The van der Waals surface area contributed by atoms with Crippen LogP contribution < -0.4 is 5.32 Å². The van der Waals surface area contributed by atoms with E-state index in [0.29, 0.717) is 0 Å². The van der Waals surface area contributed by atoms with Crippen LogP contribution in [0.25, 0.3) is 0 Å². The second kappa shape index (κ2) is 5.55. The number of rotatable bonds is 5. The molecule has 0 aromatic carbocycles. The number of amides is 1. The molecular weight excluding hydrogens is 262 g/mol. The maximum atomic E-state index is 12.0. The number of carboxylic acids is 1. The van der Waals surface area contributed by atoms with Crippen LogP contribution in [0.4, 0.5) is 0 Å². The minimum absolute atomic E-state index is 0.0946. The van der Waals surface area contributed by atoms with Crippen molar-refractivity contribution in [2.45, 2.75) is 20.0 Å². The number of aromatic nitrogens is 4. The molecule has 0 aliphatic rings. The second-order valence-corrected chi connectivity index (χ2v) is 4.26. The fraction of sp³-hybridized carbons (Fsp3) is 0.333. The van der Waals surface area contributed by atoms with Crippen LogP contribution in [0.1, 0.15) is 33.3 Å². The highest BCUT2D eigenvalue weighted by Gasteiger charge is 2.20. The summed E-state index contributed by atoms with van der Waals surface area (Å²) in [7, 11) is 1.56. The highest BCUT2D eigenvalue weighted by Crippen LogP contribution is 2.07. The van der Waals surface area contributed by atoms with Crippen LogP contribution in [0.5, 0.6) is 0 Å². The van der Waals surface area contributed by atoms with E-state index in [9.17, 15) is 9.59 Å². The monoisotopic (exact) mass is 277 g/mol. The molecule has 0 atom stereocenters. The number of nitrogens with zero attached hydrogens (tertiary/aromatic N) is 4. The van der Waals surface area contributed by atoms with Gasteiger partial charge in [0.05, 0.1) is 6.20 Å². The van der Waals surface area contributed by atoms with E-state index in [1.165, 1.54) is 10.9 Å². The summed E-state index contributed by atoms with van der Waals surface area (Å²) in [5.74, 6) is -1.70. The Morgan fingerprint density at radius 1 is 1.40 bits per heavy atom. The molecule has 0 saturated carbocycles. The summed E-state index contributed by atoms with van der Waals surface area (Å²) in [6.07, 6.45) is 4.77. The Labute approximate surface area is 115 Å². The average molecular weight is 277 g/mol. The molecule has 2 aromatic rings. The van der Waals surface area contributed by atoms with Crippen LogP contribution in [0.2, 0.25) is 0 Å². The first kappa shape index (κ1) is 13.8. The molecule has 0 aliphatic heterocycles. The summed E-state index contributed by atoms with van der Waals surface area (Å²) in [5, 5.41) is 19.6. The van der Waals surface area contributed by atoms with E-state index < -0.39 is 11.9 Å². The lowest BCUT2D eigenvalue weighted by Gasteiger charge is -2.01. The van der Waals surface area contributed by atoms with Gasteiger partial charge in [0.25, 0.3) is 5.91 Å². The normalized spacial score (nSPS) is 10.5. The van der Waals surface area contributed by atoms with Gasteiger partial charge in [-0.2, -0.15) is 10.2 Å². The van der Waals surface area contributed by atoms with Crippen molar-refractivity contribution in [3.63, 3.8) is 0 Å². The van der Waals surface area contributed by atoms with E-state index in [1.807, 2.05) is 13.1 Å². The molecule has 20 heavy (non-hydrogen) atoms. The van der Waals surface area contributed by atoms with E-state index >= 15 is 0 Å². The maximum Gasteiger partial charge on any atom is 0.339 e. The Morgan fingerprint density at radius 3 is 2.75 bits per heavy atom. The lowest BCUT2D eigenvalue weighted by Crippen LogP contribution is -2.25. The minimum Gasteiger partial charge on any atom is -0.478 e. The quantitative estimate of drug-likeness (QED) is 0.816. The summed E-state index contributed by atoms with van der Waals surface area (Å²) in [4.78, 5) is 23.0.